The fourth-order valence-electron chi connectivity index (χ4n) is 1.68. The summed E-state index contributed by atoms with van der Waals surface area (Å²) in [6, 6.07) is 3.80. The average Bonchev–Trinajstić information content (AvgIpc) is 2.43. The van der Waals surface area contributed by atoms with Crippen molar-refractivity contribution in [1.29, 1.82) is 0 Å². The topological polar surface area (TPSA) is 71.2 Å². The molecule has 0 bridgehead atoms. The van der Waals surface area contributed by atoms with Gasteiger partial charge in [-0.3, -0.25) is 4.79 Å². The van der Waals surface area contributed by atoms with Gasteiger partial charge in [0.1, 0.15) is 5.82 Å². The molecule has 0 saturated carbocycles. The predicted octanol–water partition coefficient (Wildman–Crippen LogP) is 2.00. The van der Waals surface area contributed by atoms with E-state index in [1.54, 1.807) is 6.20 Å². The van der Waals surface area contributed by atoms with Crippen LogP contribution in [0.15, 0.2) is 18.3 Å². The highest BCUT2D eigenvalue weighted by Crippen LogP contribution is 2.13. The smallest absolute Gasteiger partial charge is 0.224 e. The van der Waals surface area contributed by atoms with Gasteiger partial charge in [-0.2, -0.15) is 0 Å². The van der Waals surface area contributed by atoms with Crippen LogP contribution in [0.4, 0.5) is 11.5 Å². The summed E-state index contributed by atoms with van der Waals surface area (Å²) in [5.41, 5.74) is 6.10. The Bertz CT molecular complexity index is 378. The molecule has 0 spiro atoms. The average molecular weight is 264 g/mol. The zero-order valence-electron chi connectivity index (χ0n) is 11.9. The molecule has 1 aromatic rings. The van der Waals surface area contributed by atoms with E-state index in [9.17, 15) is 4.79 Å². The standard InChI is InChI=1S/C14H24N4O/c1-3-4-10-18(2)13-8-7-12(11-16-13)17-14(19)6-5-9-15/h7-8,11H,3-6,9-10,15H2,1-2H3,(H,17,19). The Morgan fingerprint density at radius 2 is 2.21 bits per heavy atom. The SMILES string of the molecule is CCCCN(C)c1ccc(NC(=O)CCCN)cn1. The Labute approximate surface area is 115 Å². The third-order valence-electron chi connectivity index (χ3n) is 2.88. The summed E-state index contributed by atoms with van der Waals surface area (Å²) in [6.07, 6.45) is 5.17. The van der Waals surface area contributed by atoms with E-state index in [0.717, 1.165) is 24.5 Å². The van der Waals surface area contributed by atoms with E-state index in [1.807, 2.05) is 19.2 Å². The second-order valence-electron chi connectivity index (χ2n) is 4.62. The number of nitrogens with one attached hydrogen (secondary N) is 1. The van der Waals surface area contributed by atoms with Gasteiger partial charge in [0.25, 0.3) is 0 Å². The second kappa shape index (κ2) is 8.48. The van der Waals surface area contributed by atoms with E-state index in [2.05, 4.69) is 22.1 Å². The molecule has 1 heterocycles. The van der Waals surface area contributed by atoms with Gasteiger partial charge < -0.3 is 16.0 Å². The minimum atomic E-state index is -0.0145. The number of carbonyl (C=O) groups is 1. The van der Waals surface area contributed by atoms with Gasteiger partial charge in [0.05, 0.1) is 11.9 Å². The lowest BCUT2D eigenvalue weighted by atomic mass is 10.3. The number of carbonyl (C=O) groups excluding carboxylic acids is 1. The van der Waals surface area contributed by atoms with Gasteiger partial charge in [0.2, 0.25) is 5.91 Å². The van der Waals surface area contributed by atoms with Crippen LogP contribution in [0.25, 0.3) is 0 Å². The van der Waals surface area contributed by atoms with Gasteiger partial charge in [0.15, 0.2) is 0 Å². The molecule has 0 aliphatic carbocycles. The molecule has 19 heavy (non-hydrogen) atoms. The molecule has 0 aromatic carbocycles. The van der Waals surface area contributed by atoms with E-state index < -0.39 is 0 Å². The lowest BCUT2D eigenvalue weighted by Gasteiger charge is -2.17. The minimum absolute atomic E-state index is 0.0145. The molecule has 1 amide bonds. The van der Waals surface area contributed by atoms with Crippen molar-refractivity contribution in [2.24, 2.45) is 5.73 Å². The summed E-state index contributed by atoms with van der Waals surface area (Å²) in [5.74, 6) is 0.910. The Morgan fingerprint density at radius 3 is 2.79 bits per heavy atom. The van der Waals surface area contributed by atoms with Crippen LogP contribution in [0.2, 0.25) is 0 Å². The van der Waals surface area contributed by atoms with Crippen molar-refractivity contribution < 1.29 is 4.79 Å². The summed E-state index contributed by atoms with van der Waals surface area (Å²) in [7, 11) is 2.03. The molecule has 106 valence electrons. The minimum Gasteiger partial charge on any atom is -0.360 e. The van der Waals surface area contributed by atoms with E-state index >= 15 is 0 Å². The summed E-state index contributed by atoms with van der Waals surface area (Å²) < 4.78 is 0. The van der Waals surface area contributed by atoms with Crippen molar-refractivity contribution in [3.05, 3.63) is 18.3 Å². The molecule has 0 aliphatic rings. The van der Waals surface area contributed by atoms with Gasteiger partial charge in [-0.25, -0.2) is 4.98 Å². The number of pyridine rings is 1. The highest BCUT2D eigenvalue weighted by molar-refractivity contribution is 5.90. The molecule has 3 N–H and O–H groups in total. The number of hydrogen-bond donors (Lipinski definition) is 2. The zero-order chi connectivity index (χ0) is 14.1. The largest absolute Gasteiger partial charge is 0.360 e. The van der Waals surface area contributed by atoms with Gasteiger partial charge in [-0.1, -0.05) is 13.3 Å². The number of unbranched alkanes of at least 4 members (excludes halogenated alkanes) is 1. The third kappa shape index (κ3) is 5.70. The number of rotatable bonds is 8. The van der Waals surface area contributed by atoms with Crippen molar-refractivity contribution in [2.45, 2.75) is 32.6 Å². The molecule has 1 aromatic heterocycles. The van der Waals surface area contributed by atoms with Gasteiger partial charge >= 0.3 is 0 Å². The molecule has 0 radical (unpaired) electrons. The zero-order valence-corrected chi connectivity index (χ0v) is 11.9. The number of nitrogens with two attached hydrogens (primary N) is 1. The van der Waals surface area contributed by atoms with Crippen molar-refractivity contribution in [2.75, 3.05) is 30.4 Å². The Morgan fingerprint density at radius 1 is 1.42 bits per heavy atom. The summed E-state index contributed by atoms with van der Waals surface area (Å²) in [5, 5.41) is 2.81. The molecule has 0 unspecified atom stereocenters. The van der Waals surface area contributed by atoms with Crippen LogP contribution in [0.5, 0.6) is 0 Å². The maximum Gasteiger partial charge on any atom is 0.224 e. The number of nitrogens with zero attached hydrogens (tertiary/aromatic N) is 2. The predicted molar refractivity (Wildman–Crippen MR) is 79.3 cm³/mol. The van der Waals surface area contributed by atoms with Crippen LogP contribution >= 0.6 is 0 Å². The molecule has 0 atom stereocenters. The maximum atomic E-state index is 11.5. The number of amides is 1. The first kappa shape index (κ1) is 15.4. The van der Waals surface area contributed by atoms with Gasteiger partial charge in [-0.15, -0.1) is 0 Å². The Kier molecular flexibility index (Phi) is 6.89. The van der Waals surface area contributed by atoms with Crippen LogP contribution in [-0.4, -0.2) is 31.0 Å². The first-order valence-electron chi connectivity index (χ1n) is 6.84. The molecule has 0 saturated heterocycles. The fraction of sp³-hybridized carbons (Fsp3) is 0.571. The van der Waals surface area contributed by atoms with E-state index in [-0.39, 0.29) is 5.91 Å². The quantitative estimate of drug-likeness (QED) is 0.753. The maximum absolute atomic E-state index is 11.5. The lowest BCUT2D eigenvalue weighted by Crippen LogP contribution is -2.19. The van der Waals surface area contributed by atoms with Gasteiger partial charge in [0, 0.05) is 20.0 Å². The molecule has 0 aliphatic heterocycles. The number of hydrogen-bond acceptors (Lipinski definition) is 4. The lowest BCUT2D eigenvalue weighted by molar-refractivity contribution is -0.116. The number of aromatic nitrogens is 1. The summed E-state index contributed by atoms with van der Waals surface area (Å²) in [4.78, 5) is 18.0. The fourth-order valence-corrected chi connectivity index (χ4v) is 1.68. The highest BCUT2D eigenvalue weighted by Gasteiger charge is 2.04. The van der Waals surface area contributed by atoms with Crippen LogP contribution < -0.4 is 16.0 Å². The van der Waals surface area contributed by atoms with Crippen molar-refractivity contribution in [3.63, 3.8) is 0 Å². The van der Waals surface area contributed by atoms with E-state index in [4.69, 9.17) is 5.73 Å². The Hall–Kier alpha value is -1.62. The third-order valence-corrected chi connectivity index (χ3v) is 2.88. The van der Waals surface area contributed by atoms with Crippen LogP contribution in [0, 0.1) is 0 Å². The number of anilines is 2. The monoisotopic (exact) mass is 264 g/mol. The first-order chi connectivity index (χ1) is 9.17. The molecular formula is C14H24N4O. The first-order valence-corrected chi connectivity index (χ1v) is 6.84. The van der Waals surface area contributed by atoms with E-state index in [1.165, 1.54) is 6.42 Å². The highest BCUT2D eigenvalue weighted by atomic mass is 16.1. The molecule has 5 nitrogen and oxygen atoms in total. The van der Waals surface area contributed by atoms with E-state index in [0.29, 0.717) is 19.4 Å². The van der Waals surface area contributed by atoms with Gasteiger partial charge in [-0.05, 0) is 31.5 Å². The second-order valence-corrected chi connectivity index (χ2v) is 4.62. The van der Waals surface area contributed by atoms with Crippen molar-refractivity contribution in [1.82, 2.24) is 4.98 Å². The van der Waals surface area contributed by atoms with Crippen molar-refractivity contribution in [3.8, 4) is 0 Å². The summed E-state index contributed by atoms with van der Waals surface area (Å²) >= 11 is 0. The van der Waals surface area contributed by atoms with Crippen molar-refractivity contribution >= 4 is 17.4 Å². The summed E-state index contributed by atoms with van der Waals surface area (Å²) in [6.45, 7) is 3.69. The molecular weight excluding hydrogens is 240 g/mol. The molecule has 5 heteroatoms. The normalized spacial score (nSPS) is 10.3. The Balaban J connectivity index is 2.49. The van der Waals surface area contributed by atoms with Crippen LogP contribution in [0.3, 0.4) is 0 Å². The van der Waals surface area contributed by atoms with Crippen LogP contribution in [0.1, 0.15) is 32.6 Å². The van der Waals surface area contributed by atoms with Crippen LogP contribution in [-0.2, 0) is 4.79 Å². The molecule has 0 fully saturated rings. The molecule has 1 rings (SSSR count).